The molecule has 0 spiro atoms. The SMILES string of the molecule is CCCCSN=O. The predicted molar refractivity (Wildman–Crippen MR) is 33.2 cm³/mol. The van der Waals surface area contributed by atoms with Gasteiger partial charge < -0.3 is 0 Å². The van der Waals surface area contributed by atoms with E-state index in [0.717, 1.165) is 30.5 Å². The van der Waals surface area contributed by atoms with Gasteiger partial charge in [0.05, 0.1) is 0 Å². The van der Waals surface area contributed by atoms with Crippen molar-refractivity contribution < 1.29 is 0 Å². The maximum Gasteiger partial charge on any atom is 0.0203 e. The summed E-state index contributed by atoms with van der Waals surface area (Å²) >= 11 is 1.10. The monoisotopic (exact) mass is 119 g/mol. The number of nitroso groups, excluding NO2 is 1. The molecule has 0 radical (unpaired) electrons. The largest absolute Gasteiger partial charge is 0.137 e. The third-order valence-electron chi connectivity index (χ3n) is 0.642. The van der Waals surface area contributed by atoms with E-state index in [9.17, 15) is 4.91 Å². The molecule has 0 saturated heterocycles. The standard InChI is InChI=1S/C4H9NOS/c1-2-3-4-7-5-6/h2-4H2,1H3. The van der Waals surface area contributed by atoms with Gasteiger partial charge in [-0.15, -0.1) is 4.91 Å². The molecule has 3 heteroatoms. The first-order valence-corrected chi connectivity index (χ1v) is 3.30. The highest BCUT2D eigenvalue weighted by atomic mass is 32.2. The van der Waals surface area contributed by atoms with Crippen molar-refractivity contribution in [3.63, 3.8) is 0 Å². The van der Waals surface area contributed by atoms with Crippen LogP contribution >= 0.6 is 11.9 Å². The van der Waals surface area contributed by atoms with Gasteiger partial charge in [-0.25, -0.2) is 0 Å². The molecular weight excluding hydrogens is 110 g/mol. The molecule has 0 amide bonds. The minimum atomic E-state index is 0.875. The van der Waals surface area contributed by atoms with Gasteiger partial charge in [0, 0.05) is 22.3 Å². The molecule has 0 rings (SSSR count). The lowest BCUT2D eigenvalue weighted by molar-refractivity contribution is 0.896. The minimum absolute atomic E-state index is 0.875. The van der Waals surface area contributed by atoms with Gasteiger partial charge in [0.1, 0.15) is 0 Å². The van der Waals surface area contributed by atoms with Crippen LogP contribution in [0.15, 0.2) is 4.58 Å². The topological polar surface area (TPSA) is 29.4 Å². The van der Waals surface area contributed by atoms with E-state index >= 15 is 0 Å². The van der Waals surface area contributed by atoms with Gasteiger partial charge in [-0.05, 0) is 6.42 Å². The zero-order chi connectivity index (χ0) is 5.54. The van der Waals surface area contributed by atoms with E-state index < -0.39 is 0 Å². The molecule has 0 bridgehead atoms. The summed E-state index contributed by atoms with van der Waals surface area (Å²) in [6.45, 7) is 2.09. The van der Waals surface area contributed by atoms with Crippen LogP contribution < -0.4 is 0 Å². The maximum absolute atomic E-state index is 9.39. The molecule has 0 aliphatic rings. The fraction of sp³-hybridized carbons (Fsp3) is 1.00. The second-order valence-electron chi connectivity index (χ2n) is 1.26. The van der Waals surface area contributed by atoms with E-state index in [2.05, 4.69) is 11.5 Å². The van der Waals surface area contributed by atoms with Crippen molar-refractivity contribution >= 4 is 11.9 Å². The highest BCUT2D eigenvalue weighted by molar-refractivity contribution is 7.97. The third kappa shape index (κ3) is 5.95. The summed E-state index contributed by atoms with van der Waals surface area (Å²) < 4.78 is 2.64. The highest BCUT2D eigenvalue weighted by Gasteiger charge is 1.81. The lowest BCUT2D eigenvalue weighted by atomic mass is 10.4. The molecular formula is C4H9NOS. The van der Waals surface area contributed by atoms with Crippen molar-refractivity contribution in [1.82, 2.24) is 0 Å². The van der Waals surface area contributed by atoms with Crippen molar-refractivity contribution in [2.24, 2.45) is 4.58 Å². The van der Waals surface area contributed by atoms with E-state index in [1.807, 2.05) is 0 Å². The lowest BCUT2D eigenvalue weighted by Crippen LogP contribution is -1.70. The molecule has 0 aromatic rings. The van der Waals surface area contributed by atoms with Crippen LogP contribution in [0.2, 0.25) is 0 Å². The van der Waals surface area contributed by atoms with Crippen LogP contribution in [0.5, 0.6) is 0 Å². The molecule has 2 nitrogen and oxygen atoms in total. The second kappa shape index (κ2) is 5.95. The molecule has 0 unspecified atom stereocenters. The second-order valence-corrected chi connectivity index (χ2v) is 2.08. The summed E-state index contributed by atoms with van der Waals surface area (Å²) in [5.41, 5.74) is 0. The van der Waals surface area contributed by atoms with Crippen molar-refractivity contribution in [3.05, 3.63) is 4.91 Å². The van der Waals surface area contributed by atoms with Crippen LogP contribution in [0.4, 0.5) is 0 Å². The molecule has 0 atom stereocenters. The molecule has 42 valence electrons. The Kier molecular flexibility index (Phi) is 5.91. The summed E-state index contributed by atoms with van der Waals surface area (Å²) in [5.74, 6) is 0.875. The first-order chi connectivity index (χ1) is 3.41. The molecule has 0 fully saturated rings. The van der Waals surface area contributed by atoms with E-state index in [0.29, 0.717) is 0 Å². The molecule has 0 heterocycles. The van der Waals surface area contributed by atoms with Gasteiger partial charge in [0.2, 0.25) is 0 Å². The molecule has 0 N–H and O–H groups in total. The number of nitrogens with zero attached hydrogens (tertiary/aromatic N) is 1. The van der Waals surface area contributed by atoms with Crippen molar-refractivity contribution in [3.8, 4) is 0 Å². The van der Waals surface area contributed by atoms with Crippen LogP contribution in [0, 0.1) is 4.91 Å². The molecule has 7 heavy (non-hydrogen) atoms. The van der Waals surface area contributed by atoms with Crippen LogP contribution in [-0.2, 0) is 0 Å². The van der Waals surface area contributed by atoms with Crippen molar-refractivity contribution in [2.75, 3.05) is 5.75 Å². The molecule has 0 aromatic carbocycles. The van der Waals surface area contributed by atoms with Crippen LogP contribution in [0.3, 0.4) is 0 Å². The van der Waals surface area contributed by atoms with E-state index in [1.54, 1.807) is 0 Å². The Morgan fingerprint density at radius 2 is 2.43 bits per heavy atom. The Morgan fingerprint density at radius 3 is 2.86 bits per heavy atom. The number of rotatable bonds is 4. The first kappa shape index (κ1) is 6.95. The summed E-state index contributed by atoms with van der Waals surface area (Å²) in [6, 6.07) is 0. The number of hydrogen-bond donors (Lipinski definition) is 0. The van der Waals surface area contributed by atoms with E-state index in [1.165, 1.54) is 0 Å². The summed E-state index contributed by atoms with van der Waals surface area (Å²) in [5, 5.41) is 0. The van der Waals surface area contributed by atoms with Gasteiger partial charge in [0.25, 0.3) is 0 Å². The Morgan fingerprint density at radius 1 is 1.71 bits per heavy atom. The summed E-state index contributed by atoms with van der Waals surface area (Å²) in [7, 11) is 0. The number of hydrogen-bond acceptors (Lipinski definition) is 3. The van der Waals surface area contributed by atoms with Gasteiger partial charge in [-0.2, -0.15) is 0 Å². The smallest absolute Gasteiger partial charge is 0.0203 e. The van der Waals surface area contributed by atoms with Crippen molar-refractivity contribution in [1.29, 1.82) is 0 Å². The van der Waals surface area contributed by atoms with E-state index in [-0.39, 0.29) is 0 Å². The molecule has 0 saturated carbocycles. The zero-order valence-electron chi connectivity index (χ0n) is 4.39. The zero-order valence-corrected chi connectivity index (χ0v) is 5.20. The fourth-order valence-corrected chi connectivity index (χ4v) is 0.738. The van der Waals surface area contributed by atoms with Gasteiger partial charge in [0.15, 0.2) is 0 Å². The van der Waals surface area contributed by atoms with Gasteiger partial charge in [-0.3, -0.25) is 0 Å². The average molecular weight is 119 g/mol. The summed E-state index contributed by atoms with van der Waals surface area (Å²) in [4.78, 5) is 9.39. The normalized spacial score (nSPS) is 8.71. The van der Waals surface area contributed by atoms with Crippen LogP contribution in [0.25, 0.3) is 0 Å². The third-order valence-corrected chi connectivity index (χ3v) is 1.22. The average Bonchev–Trinajstić information content (AvgIpc) is 1.69. The molecule has 0 aliphatic heterocycles. The Labute approximate surface area is 47.8 Å². The Bertz CT molecular complexity index is 49.0. The Hall–Kier alpha value is -0.0500. The predicted octanol–water partition coefficient (Wildman–Crippen LogP) is 2.20. The van der Waals surface area contributed by atoms with E-state index in [4.69, 9.17) is 0 Å². The fourth-order valence-electron chi connectivity index (χ4n) is 0.246. The van der Waals surface area contributed by atoms with Crippen LogP contribution in [-0.4, -0.2) is 5.75 Å². The lowest BCUT2D eigenvalue weighted by Gasteiger charge is -1.84. The Balaban J connectivity index is 2.56. The van der Waals surface area contributed by atoms with Crippen molar-refractivity contribution in [2.45, 2.75) is 19.8 Å². The van der Waals surface area contributed by atoms with Crippen LogP contribution in [0.1, 0.15) is 19.8 Å². The minimum Gasteiger partial charge on any atom is -0.137 e. The maximum atomic E-state index is 9.39. The number of unbranched alkanes of at least 4 members (excludes halogenated alkanes) is 1. The van der Waals surface area contributed by atoms with Gasteiger partial charge >= 0.3 is 0 Å². The quantitative estimate of drug-likeness (QED) is 0.322. The first-order valence-electron chi connectivity index (χ1n) is 2.36. The summed E-state index contributed by atoms with van der Waals surface area (Å²) in [6.07, 6.45) is 2.24. The van der Waals surface area contributed by atoms with Gasteiger partial charge in [-0.1, -0.05) is 13.3 Å². The molecule has 0 aromatic heterocycles. The molecule has 0 aliphatic carbocycles. The highest BCUT2D eigenvalue weighted by Crippen LogP contribution is 2.03.